The van der Waals surface area contributed by atoms with Gasteiger partial charge in [0.2, 0.25) is 0 Å². The Morgan fingerprint density at radius 1 is 1.04 bits per heavy atom. The molecule has 0 bridgehead atoms. The molecule has 0 N–H and O–H groups in total. The van der Waals surface area contributed by atoms with Crippen molar-refractivity contribution in [3.63, 3.8) is 0 Å². The summed E-state index contributed by atoms with van der Waals surface area (Å²) in [6.45, 7) is 7.20. The summed E-state index contributed by atoms with van der Waals surface area (Å²) < 4.78 is 6.35. The quantitative estimate of drug-likeness (QED) is 0.669. The molecule has 0 heterocycles. The number of benzene rings is 2. The predicted molar refractivity (Wildman–Crippen MR) is 105 cm³/mol. The topological polar surface area (TPSA) is 9.23 Å². The molecule has 0 aromatic heterocycles. The van der Waals surface area contributed by atoms with E-state index in [1.165, 1.54) is 28.2 Å². The van der Waals surface area contributed by atoms with E-state index in [0.29, 0.717) is 6.61 Å². The van der Waals surface area contributed by atoms with Gasteiger partial charge in [0.1, 0.15) is 0 Å². The summed E-state index contributed by atoms with van der Waals surface area (Å²) in [6, 6.07) is 21.1. The zero-order valence-corrected chi connectivity index (χ0v) is 15.2. The normalized spacial score (nSPS) is 19.8. The maximum Gasteiger partial charge on any atom is 0.0922 e. The Balaban J connectivity index is 1.74. The van der Waals surface area contributed by atoms with Gasteiger partial charge in [-0.15, -0.1) is 0 Å². The van der Waals surface area contributed by atoms with Crippen molar-refractivity contribution in [2.45, 2.75) is 26.2 Å². The Morgan fingerprint density at radius 3 is 2.21 bits per heavy atom. The van der Waals surface area contributed by atoms with E-state index in [0.717, 1.165) is 18.8 Å². The molecule has 1 aliphatic rings. The number of hydrogen-bond donors (Lipinski definition) is 0. The molecule has 3 rings (SSSR count). The van der Waals surface area contributed by atoms with E-state index < -0.39 is 8.15 Å². The average Bonchev–Trinajstić information content (AvgIpc) is 2.63. The first-order valence-electron chi connectivity index (χ1n) is 8.64. The van der Waals surface area contributed by atoms with Crippen LogP contribution in [0.25, 0.3) is 0 Å². The molecule has 124 valence electrons. The molecule has 1 fully saturated rings. The molecule has 2 heteroatoms. The van der Waals surface area contributed by atoms with Crippen molar-refractivity contribution in [2.24, 2.45) is 5.92 Å². The average molecular weight is 336 g/mol. The molecule has 0 amide bonds. The molecule has 2 aromatic carbocycles. The molecule has 1 nitrogen and oxygen atoms in total. The van der Waals surface area contributed by atoms with Crippen LogP contribution in [-0.4, -0.2) is 6.61 Å². The zero-order chi connectivity index (χ0) is 16.8. The summed E-state index contributed by atoms with van der Waals surface area (Å²) in [5, 5.41) is 2.51. The zero-order valence-electron chi connectivity index (χ0n) is 14.3. The highest BCUT2D eigenvalue weighted by Gasteiger charge is 2.17. The van der Waals surface area contributed by atoms with E-state index in [2.05, 4.69) is 80.2 Å². The van der Waals surface area contributed by atoms with Gasteiger partial charge >= 0.3 is 0 Å². The van der Waals surface area contributed by atoms with Crippen molar-refractivity contribution in [2.75, 3.05) is 6.61 Å². The van der Waals surface area contributed by atoms with Crippen molar-refractivity contribution in [3.05, 3.63) is 84.5 Å². The standard InChI is InChI=1S/C22H25OP/c1-18-13-14-19(2)20(17-18)15-16-23-24(21-9-5-3-6-10-21)22-11-7-4-8-12-22/h3-12,15,18H,2,13-14,16-17H2,1H3/b20-15-/t18-/m0/s1. The van der Waals surface area contributed by atoms with Gasteiger partial charge in [-0.05, 0) is 30.8 Å². The smallest absolute Gasteiger partial charge is 0.0922 e. The summed E-state index contributed by atoms with van der Waals surface area (Å²) in [6.07, 6.45) is 5.77. The van der Waals surface area contributed by atoms with Crippen molar-refractivity contribution in [1.82, 2.24) is 0 Å². The summed E-state index contributed by atoms with van der Waals surface area (Å²) in [4.78, 5) is 0. The first kappa shape index (κ1) is 17.1. The summed E-state index contributed by atoms with van der Waals surface area (Å²) in [7, 11) is -0.777. The molecule has 0 radical (unpaired) electrons. The van der Waals surface area contributed by atoms with E-state index in [9.17, 15) is 0 Å². The highest BCUT2D eigenvalue weighted by molar-refractivity contribution is 7.68. The minimum absolute atomic E-state index is 0.649. The third-order valence-electron chi connectivity index (χ3n) is 4.48. The second-order valence-electron chi connectivity index (χ2n) is 6.44. The van der Waals surface area contributed by atoms with Gasteiger partial charge in [0.15, 0.2) is 0 Å². The number of hydrogen-bond acceptors (Lipinski definition) is 1. The predicted octanol–water partition coefficient (Wildman–Crippen LogP) is 5.35. The fraction of sp³-hybridized carbons (Fsp3) is 0.273. The molecular formula is C22H25OP. The Bertz CT molecular complexity index is 651. The Kier molecular flexibility index (Phi) is 6.01. The third-order valence-corrected chi connectivity index (χ3v) is 6.42. The summed E-state index contributed by atoms with van der Waals surface area (Å²) >= 11 is 0. The van der Waals surface area contributed by atoms with E-state index in [1.54, 1.807) is 0 Å². The minimum atomic E-state index is -0.777. The third kappa shape index (κ3) is 4.44. The summed E-state index contributed by atoms with van der Waals surface area (Å²) in [5.74, 6) is 0.756. The van der Waals surface area contributed by atoms with Crippen LogP contribution in [0.4, 0.5) is 0 Å². The fourth-order valence-electron chi connectivity index (χ4n) is 3.07. The van der Waals surface area contributed by atoms with E-state index in [4.69, 9.17) is 4.52 Å². The lowest BCUT2D eigenvalue weighted by atomic mass is 9.84. The van der Waals surface area contributed by atoms with Gasteiger partial charge in [-0.2, -0.15) is 0 Å². The molecule has 0 spiro atoms. The van der Waals surface area contributed by atoms with E-state index in [1.807, 2.05) is 0 Å². The molecule has 0 saturated heterocycles. The highest BCUT2D eigenvalue weighted by Crippen LogP contribution is 2.36. The van der Waals surface area contributed by atoms with Crippen LogP contribution in [0, 0.1) is 5.92 Å². The molecule has 1 aliphatic carbocycles. The van der Waals surface area contributed by atoms with Crippen molar-refractivity contribution < 1.29 is 4.52 Å². The highest BCUT2D eigenvalue weighted by atomic mass is 31.1. The lowest BCUT2D eigenvalue weighted by molar-refractivity contribution is 0.409. The van der Waals surface area contributed by atoms with Gasteiger partial charge in [-0.25, -0.2) is 0 Å². The van der Waals surface area contributed by atoms with Crippen LogP contribution in [0.3, 0.4) is 0 Å². The lowest BCUT2D eigenvalue weighted by Crippen LogP contribution is -2.14. The Hall–Kier alpha value is -1.69. The van der Waals surface area contributed by atoms with Crippen molar-refractivity contribution >= 4 is 18.8 Å². The van der Waals surface area contributed by atoms with Gasteiger partial charge in [0, 0.05) is 10.6 Å². The van der Waals surface area contributed by atoms with Gasteiger partial charge in [0.05, 0.1) is 14.8 Å². The number of allylic oxidation sites excluding steroid dienone is 2. The van der Waals surface area contributed by atoms with Gasteiger partial charge in [0.25, 0.3) is 0 Å². The SMILES string of the molecule is C=C1CC[C@H](C)C/C1=C/COP(c1ccccc1)c1ccccc1. The largest absolute Gasteiger partial charge is 0.346 e. The first-order chi connectivity index (χ1) is 11.7. The monoisotopic (exact) mass is 336 g/mol. The lowest BCUT2D eigenvalue weighted by Gasteiger charge is -2.23. The van der Waals surface area contributed by atoms with Gasteiger partial charge < -0.3 is 4.52 Å². The van der Waals surface area contributed by atoms with Crippen LogP contribution in [0.5, 0.6) is 0 Å². The number of rotatable bonds is 5. The van der Waals surface area contributed by atoms with E-state index in [-0.39, 0.29) is 0 Å². The fourth-order valence-corrected chi connectivity index (χ4v) is 4.77. The van der Waals surface area contributed by atoms with Crippen LogP contribution in [0.15, 0.2) is 84.5 Å². The molecule has 0 aliphatic heterocycles. The van der Waals surface area contributed by atoms with Crippen molar-refractivity contribution in [1.29, 1.82) is 0 Å². The Labute approximate surface area is 146 Å². The minimum Gasteiger partial charge on any atom is -0.346 e. The molecule has 1 saturated carbocycles. The van der Waals surface area contributed by atoms with Crippen molar-refractivity contribution in [3.8, 4) is 0 Å². The first-order valence-corrected chi connectivity index (χ1v) is 9.90. The second-order valence-corrected chi connectivity index (χ2v) is 8.32. The van der Waals surface area contributed by atoms with E-state index >= 15 is 0 Å². The second kappa shape index (κ2) is 8.42. The van der Waals surface area contributed by atoms with Gasteiger partial charge in [-0.3, -0.25) is 0 Å². The Morgan fingerprint density at radius 2 is 1.62 bits per heavy atom. The van der Waals surface area contributed by atoms with Crippen LogP contribution in [0.1, 0.15) is 26.2 Å². The van der Waals surface area contributed by atoms with Crippen LogP contribution >= 0.6 is 8.15 Å². The van der Waals surface area contributed by atoms with Gasteiger partial charge in [-0.1, -0.05) is 85.8 Å². The summed E-state index contributed by atoms with van der Waals surface area (Å²) in [5.41, 5.74) is 2.69. The maximum absolute atomic E-state index is 6.35. The molecular weight excluding hydrogens is 311 g/mol. The maximum atomic E-state index is 6.35. The van der Waals surface area contributed by atoms with Crippen LogP contribution in [0.2, 0.25) is 0 Å². The van der Waals surface area contributed by atoms with Crippen LogP contribution in [-0.2, 0) is 4.52 Å². The van der Waals surface area contributed by atoms with Crippen LogP contribution < -0.4 is 10.6 Å². The molecule has 0 unspecified atom stereocenters. The molecule has 1 atom stereocenters. The molecule has 2 aromatic rings. The molecule has 24 heavy (non-hydrogen) atoms.